The number of piperidine rings is 1. The van der Waals surface area contributed by atoms with Crippen LogP contribution in [0.5, 0.6) is 0 Å². The molecule has 198 valence electrons. The van der Waals surface area contributed by atoms with Crippen LogP contribution >= 0.6 is 0 Å². The maximum Gasteiger partial charge on any atom is 0.256 e. The predicted octanol–water partition coefficient (Wildman–Crippen LogP) is 2.22. The molecule has 0 radical (unpaired) electrons. The summed E-state index contributed by atoms with van der Waals surface area (Å²) in [5.74, 6) is -0.762. The van der Waals surface area contributed by atoms with Crippen molar-refractivity contribution in [1.29, 1.82) is 0 Å². The fraction of sp³-hybridized carbons (Fsp3) is 0.379. The SMILES string of the molecule is CN1N=C2CCN(C(=O)[C@@H](Cc3c[nH]c4ccccc34)NC(=O)C(C)(C)N)C[C@]2(Cc2ccccc2)C1=O. The molecule has 38 heavy (non-hydrogen) atoms. The fourth-order valence-corrected chi connectivity index (χ4v) is 5.50. The molecule has 5 rings (SSSR count). The lowest BCUT2D eigenvalue weighted by atomic mass is 9.73. The number of rotatable bonds is 7. The van der Waals surface area contributed by atoms with Gasteiger partial charge in [0.15, 0.2) is 0 Å². The van der Waals surface area contributed by atoms with E-state index in [0.717, 1.165) is 27.7 Å². The molecule has 1 fully saturated rings. The number of aromatic nitrogens is 1. The highest BCUT2D eigenvalue weighted by Gasteiger charge is 2.54. The number of carbonyl (C=O) groups is 3. The Morgan fingerprint density at radius 2 is 1.87 bits per heavy atom. The van der Waals surface area contributed by atoms with Gasteiger partial charge in [0.25, 0.3) is 5.91 Å². The van der Waals surface area contributed by atoms with E-state index in [0.29, 0.717) is 25.8 Å². The molecular formula is C29H34N6O3. The first-order chi connectivity index (χ1) is 18.1. The highest BCUT2D eigenvalue weighted by atomic mass is 16.2. The summed E-state index contributed by atoms with van der Waals surface area (Å²) in [6.07, 6.45) is 3.11. The van der Waals surface area contributed by atoms with E-state index in [1.54, 1.807) is 25.8 Å². The van der Waals surface area contributed by atoms with E-state index < -0.39 is 22.9 Å². The Labute approximate surface area is 222 Å². The summed E-state index contributed by atoms with van der Waals surface area (Å²) in [6, 6.07) is 16.8. The van der Waals surface area contributed by atoms with E-state index in [2.05, 4.69) is 15.4 Å². The van der Waals surface area contributed by atoms with Crippen LogP contribution in [0.4, 0.5) is 0 Å². The number of hydrogen-bond acceptors (Lipinski definition) is 5. The molecule has 2 aliphatic rings. The Hall–Kier alpha value is -3.98. The molecule has 0 unspecified atom stereocenters. The first-order valence-corrected chi connectivity index (χ1v) is 12.9. The van der Waals surface area contributed by atoms with Crippen molar-refractivity contribution in [3.63, 3.8) is 0 Å². The molecule has 1 saturated heterocycles. The monoisotopic (exact) mass is 514 g/mol. The van der Waals surface area contributed by atoms with Crippen molar-refractivity contribution in [2.75, 3.05) is 20.1 Å². The number of nitrogens with two attached hydrogens (primary N) is 1. The van der Waals surface area contributed by atoms with Crippen LogP contribution in [0.1, 0.15) is 31.4 Å². The van der Waals surface area contributed by atoms with E-state index in [4.69, 9.17) is 5.73 Å². The van der Waals surface area contributed by atoms with Crippen LogP contribution in [0.15, 0.2) is 65.9 Å². The molecule has 9 nitrogen and oxygen atoms in total. The predicted molar refractivity (Wildman–Crippen MR) is 146 cm³/mol. The number of benzene rings is 2. The number of para-hydroxylation sites is 1. The number of nitrogens with one attached hydrogen (secondary N) is 2. The molecule has 1 aromatic heterocycles. The van der Waals surface area contributed by atoms with Crippen molar-refractivity contribution in [1.82, 2.24) is 20.2 Å². The number of carbonyl (C=O) groups excluding carboxylic acids is 3. The topological polar surface area (TPSA) is 124 Å². The first-order valence-electron chi connectivity index (χ1n) is 12.9. The Kier molecular flexibility index (Phi) is 6.56. The smallest absolute Gasteiger partial charge is 0.256 e. The van der Waals surface area contributed by atoms with E-state index in [1.165, 1.54) is 5.01 Å². The van der Waals surface area contributed by atoms with Gasteiger partial charge in [-0.25, -0.2) is 5.01 Å². The number of aromatic amines is 1. The second-order valence-electron chi connectivity index (χ2n) is 10.9. The highest BCUT2D eigenvalue weighted by Crippen LogP contribution is 2.38. The lowest BCUT2D eigenvalue weighted by Gasteiger charge is -2.41. The van der Waals surface area contributed by atoms with Crippen LogP contribution in [-0.4, -0.2) is 70.0 Å². The van der Waals surface area contributed by atoms with Gasteiger partial charge in [0.05, 0.1) is 11.3 Å². The Morgan fingerprint density at radius 1 is 1.16 bits per heavy atom. The Morgan fingerprint density at radius 3 is 2.61 bits per heavy atom. The van der Waals surface area contributed by atoms with Crippen molar-refractivity contribution in [3.05, 3.63) is 71.9 Å². The zero-order valence-corrected chi connectivity index (χ0v) is 22.0. The van der Waals surface area contributed by atoms with Gasteiger partial charge in [0.2, 0.25) is 11.8 Å². The normalized spacial score (nSPS) is 20.3. The quantitative estimate of drug-likeness (QED) is 0.447. The fourth-order valence-electron chi connectivity index (χ4n) is 5.50. The maximum absolute atomic E-state index is 14.1. The number of fused-ring (bicyclic) bond motifs is 2. The molecule has 9 heteroatoms. The molecule has 0 spiro atoms. The van der Waals surface area contributed by atoms with Gasteiger partial charge in [-0.2, -0.15) is 5.10 Å². The van der Waals surface area contributed by atoms with Gasteiger partial charge < -0.3 is 20.9 Å². The summed E-state index contributed by atoms with van der Waals surface area (Å²) in [7, 11) is 1.66. The van der Waals surface area contributed by atoms with Crippen LogP contribution in [0, 0.1) is 5.41 Å². The molecule has 2 aromatic carbocycles. The van der Waals surface area contributed by atoms with E-state index in [9.17, 15) is 14.4 Å². The third-order valence-corrected chi connectivity index (χ3v) is 7.55. The standard InChI is InChI=1S/C29H34N6O3/c1-28(2,30)26(37)32-23(15-20-17-31-22-12-8-7-11-21(20)22)25(36)35-14-13-24-29(18-35,27(38)34(3)33-24)16-19-9-5-4-6-10-19/h4-12,17,23,31H,13-16,18,30H2,1-3H3,(H,32,37)/t23-,29+/m1/s1. The van der Waals surface area contributed by atoms with Gasteiger partial charge >= 0.3 is 0 Å². The zero-order chi connectivity index (χ0) is 27.1. The van der Waals surface area contributed by atoms with Gasteiger partial charge in [-0.3, -0.25) is 14.4 Å². The zero-order valence-electron chi connectivity index (χ0n) is 22.0. The van der Waals surface area contributed by atoms with E-state index >= 15 is 0 Å². The molecule has 3 amide bonds. The second-order valence-corrected chi connectivity index (χ2v) is 10.9. The molecule has 3 aromatic rings. The van der Waals surface area contributed by atoms with E-state index in [1.807, 2.05) is 60.8 Å². The van der Waals surface area contributed by atoms with Crippen molar-refractivity contribution in [2.24, 2.45) is 16.3 Å². The summed E-state index contributed by atoms with van der Waals surface area (Å²) in [6.45, 7) is 3.85. The molecule has 0 aliphatic carbocycles. The third-order valence-electron chi connectivity index (χ3n) is 7.55. The average molecular weight is 515 g/mol. The maximum atomic E-state index is 14.1. The second kappa shape index (κ2) is 9.72. The molecule has 0 bridgehead atoms. The molecule has 4 N–H and O–H groups in total. The van der Waals surface area contributed by atoms with Crippen molar-refractivity contribution in [2.45, 2.75) is 44.7 Å². The third kappa shape index (κ3) is 4.69. The lowest BCUT2D eigenvalue weighted by Crippen LogP contribution is -2.61. The molecule has 0 saturated carbocycles. The minimum absolute atomic E-state index is 0.117. The van der Waals surface area contributed by atoms with Crippen molar-refractivity contribution in [3.8, 4) is 0 Å². The van der Waals surface area contributed by atoms with Crippen LogP contribution in [0.25, 0.3) is 10.9 Å². The number of hydrogen-bond donors (Lipinski definition) is 3. The van der Waals surface area contributed by atoms with Gasteiger partial charge in [-0.15, -0.1) is 0 Å². The van der Waals surface area contributed by atoms with Crippen LogP contribution in [0.2, 0.25) is 0 Å². The number of hydrazone groups is 1. The van der Waals surface area contributed by atoms with Gasteiger partial charge in [0, 0.05) is 50.1 Å². The summed E-state index contributed by atoms with van der Waals surface area (Å²) >= 11 is 0. The number of nitrogens with zero attached hydrogens (tertiary/aromatic N) is 3. The number of likely N-dealkylation sites (tertiary alicyclic amines) is 1. The lowest BCUT2D eigenvalue weighted by molar-refractivity contribution is -0.142. The van der Waals surface area contributed by atoms with Crippen molar-refractivity contribution < 1.29 is 14.4 Å². The average Bonchev–Trinajstić information content (AvgIpc) is 3.41. The summed E-state index contributed by atoms with van der Waals surface area (Å²) < 4.78 is 0. The highest BCUT2D eigenvalue weighted by molar-refractivity contribution is 6.13. The minimum Gasteiger partial charge on any atom is -0.361 e. The van der Waals surface area contributed by atoms with Gasteiger partial charge in [-0.1, -0.05) is 48.5 Å². The molecular weight excluding hydrogens is 480 g/mol. The van der Waals surface area contributed by atoms with Crippen LogP contribution < -0.4 is 11.1 Å². The molecule has 2 aliphatic heterocycles. The van der Waals surface area contributed by atoms with Crippen LogP contribution in [0.3, 0.4) is 0 Å². The molecule has 2 atom stereocenters. The minimum atomic E-state index is -1.15. The summed E-state index contributed by atoms with van der Waals surface area (Å²) in [5, 5.41) is 9.84. The summed E-state index contributed by atoms with van der Waals surface area (Å²) in [5.41, 5.74) is 7.68. The number of amides is 3. The number of H-pyrrole nitrogens is 1. The molecule has 3 heterocycles. The Balaban J connectivity index is 1.45. The summed E-state index contributed by atoms with van der Waals surface area (Å²) in [4.78, 5) is 45.5. The first kappa shape index (κ1) is 25.7. The van der Waals surface area contributed by atoms with Gasteiger partial charge in [0.1, 0.15) is 11.5 Å². The largest absolute Gasteiger partial charge is 0.361 e. The van der Waals surface area contributed by atoms with Crippen molar-refractivity contribution >= 4 is 34.3 Å². The van der Waals surface area contributed by atoms with E-state index in [-0.39, 0.29) is 18.4 Å². The van der Waals surface area contributed by atoms with Crippen LogP contribution in [-0.2, 0) is 27.2 Å². The van der Waals surface area contributed by atoms with Gasteiger partial charge in [-0.05, 0) is 37.5 Å². The Bertz CT molecular complexity index is 1410.